The van der Waals surface area contributed by atoms with Crippen molar-refractivity contribution < 1.29 is 9.53 Å². The number of anilines is 1. The van der Waals surface area contributed by atoms with Crippen molar-refractivity contribution in [3.63, 3.8) is 0 Å². The van der Waals surface area contributed by atoms with Crippen LogP contribution in [0.4, 0.5) is 5.69 Å². The minimum absolute atomic E-state index is 0.182. The summed E-state index contributed by atoms with van der Waals surface area (Å²) in [7, 11) is 1.85. The summed E-state index contributed by atoms with van der Waals surface area (Å²) in [5, 5.41) is 8.38. The molecule has 6 nitrogen and oxygen atoms in total. The molecule has 148 valence electrons. The predicted molar refractivity (Wildman–Crippen MR) is 111 cm³/mol. The van der Waals surface area contributed by atoms with Crippen LogP contribution in [0.25, 0.3) is 11.3 Å². The molecular weight excluding hydrogens is 364 g/mol. The zero-order valence-electron chi connectivity index (χ0n) is 16.7. The first-order valence-electron chi connectivity index (χ1n) is 10.2. The van der Waals surface area contributed by atoms with Crippen molar-refractivity contribution in [1.29, 1.82) is 0 Å². The van der Waals surface area contributed by atoms with Gasteiger partial charge >= 0.3 is 0 Å². The van der Waals surface area contributed by atoms with Gasteiger partial charge in [-0.25, -0.2) is 0 Å². The maximum absolute atomic E-state index is 13.0. The number of carbonyl (C=O) groups excluding carboxylic acids is 1. The molecule has 3 aromatic rings. The number of carbonyl (C=O) groups is 1. The summed E-state index contributed by atoms with van der Waals surface area (Å²) in [5.74, 6) is 1.97. The monoisotopic (exact) mass is 388 g/mol. The summed E-state index contributed by atoms with van der Waals surface area (Å²) in [5.41, 5.74) is 3.71. The van der Waals surface area contributed by atoms with Crippen molar-refractivity contribution in [2.45, 2.75) is 38.6 Å². The van der Waals surface area contributed by atoms with Crippen molar-refractivity contribution in [3.05, 3.63) is 54.2 Å². The lowest BCUT2D eigenvalue weighted by Gasteiger charge is -2.36. The molecule has 1 atom stereocenters. The third kappa shape index (κ3) is 3.28. The van der Waals surface area contributed by atoms with Crippen LogP contribution in [0, 0.1) is 5.92 Å². The summed E-state index contributed by atoms with van der Waals surface area (Å²) in [6.45, 7) is 2.14. The molecule has 0 saturated heterocycles. The molecule has 1 saturated carbocycles. The molecule has 29 heavy (non-hydrogen) atoms. The van der Waals surface area contributed by atoms with E-state index in [2.05, 4.69) is 17.2 Å². The Kier molecular flexibility index (Phi) is 4.34. The first-order chi connectivity index (χ1) is 14.1. The number of hydrogen-bond acceptors (Lipinski definition) is 4. The molecule has 0 spiro atoms. The standard InChI is InChI=1S/C23H24N4O2/c1-15-8-11-19-21(27(15)23(28)16-9-10-16)13-12-18(20-14-26(2)25-24-20)22(19)29-17-6-4-3-5-7-17/h3-7,12-16H,8-11H2,1-2H3. The van der Waals surface area contributed by atoms with Crippen molar-refractivity contribution in [2.75, 3.05) is 4.90 Å². The van der Waals surface area contributed by atoms with Gasteiger partial charge in [-0.3, -0.25) is 9.48 Å². The lowest BCUT2D eigenvalue weighted by atomic mass is 9.92. The number of rotatable bonds is 4. The van der Waals surface area contributed by atoms with E-state index in [0.717, 1.165) is 59.7 Å². The first-order valence-corrected chi connectivity index (χ1v) is 10.2. The van der Waals surface area contributed by atoms with E-state index in [0.29, 0.717) is 0 Å². The molecule has 1 amide bonds. The summed E-state index contributed by atoms with van der Waals surface area (Å²) < 4.78 is 8.08. The van der Waals surface area contributed by atoms with Gasteiger partial charge in [-0.2, -0.15) is 0 Å². The molecule has 1 aromatic heterocycles. The normalized spacial score (nSPS) is 18.4. The molecule has 1 aliphatic carbocycles. The number of amides is 1. The zero-order chi connectivity index (χ0) is 20.0. The Hall–Kier alpha value is -3.15. The maximum atomic E-state index is 13.0. The van der Waals surface area contributed by atoms with Crippen LogP contribution < -0.4 is 9.64 Å². The number of nitrogens with zero attached hydrogens (tertiary/aromatic N) is 4. The number of para-hydroxylation sites is 1. The molecule has 0 radical (unpaired) electrons. The Balaban J connectivity index is 1.65. The minimum atomic E-state index is 0.182. The smallest absolute Gasteiger partial charge is 0.230 e. The summed E-state index contributed by atoms with van der Waals surface area (Å²) in [4.78, 5) is 15.0. The van der Waals surface area contributed by atoms with Gasteiger partial charge in [0.25, 0.3) is 0 Å². The Labute approximate surface area is 170 Å². The molecule has 0 N–H and O–H groups in total. The fraction of sp³-hybridized carbons (Fsp3) is 0.348. The number of fused-ring (bicyclic) bond motifs is 1. The summed E-state index contributed by atoms with van der Waals surface area (Å²) in [6.07, 6.45) is 5.67. The van der Waals surface area contributed by atoms with Crippen LogP contribution in [0.2, 0.25) is 0 Å². The van der Waals surface area contributed by atoms with Crippen LogP contribution in [0.15, 0.2) is 48.7 Å². The van der Waals surface area contributed by atoms with Crippen molar-refractivity contribution in [3.8, 4) is 22.8 Å². The van der Waals surface area contributed by atoms with E-state index in [9.17, 15) is 4.79 Å². The van der Waals surface area contributed by atoms with Gasteiger partial charge in [-0.15, -0.1) is 5.10 Å². The Morgan fingerprint density at radius 3 is 2.59 bits per heavy atom. The lowest BCUT2D eigenvalue weighted by Crippen LogP contribution is -2.43. The highest BCUT2D eigenvalue weighted by molar-refractivity contribution is 5.99. The lowest BCUT2D eigenvalue weighted by molar-refractivity contribution is -0.120. The largest absolute Gasteiger partial charge is 0.456 e. The zero-order valence-corrected chi connectivity index (χ0v) is 16.7. The van der Waals surface area contributed by atoms with Crippen LogP contribution in [-0.2, 0) is 18.3 Å². The van der Waals surface area contributed by atoms with E-state index < -0.39 is 0 Å². The molecule has 2 aliphatic rings. The number of aromatic nitrogens is 3. The highest BCUT2D eigenvalue weighted by Crippen LogP contribution is 2.45. The van der Waals surface area contributed by atoms with Crippen molar-refractivity contribution in [2.24, 2.45) is 13.0 Å². The van der Waals surface area contributed by atoms with Gasteiger partial charge in [-0.05, 0) is 56.9 Å². The Morgan fingerprint density at radius 2 is 1.90 bits per heavy atom. The van der Waals surface area contributed by atoms with Gasteiger partial charge < -0.3 is 9.64 Å². The molecule has 1 fully saturated rings. The Morgan fingerprint density at radius 1 is 1.10 bits per heavy atom. The average Bonchev–Trinajstić information content (AvgIpc) is 3.49. The molecule has 2 heterocycles. The number of ether oxygens (including phenoxy) is 1. The second-order valence-electron chi connectivity index (χ2n) is 8.00. The van der Waals surface area contributed by atoms with E-state index in [1.165, 1.54) is 0 Å². The van der Waals surface area contributed by atoms with E-state index >= 15 is 0 Å². The molecule has 6 heteroatoms. The SMILES string of the molecule is CC1CCc2c(ccc(-c3cn(C)nn3)c2Oc2ccccc2)N1C(=O)C1CC1. The van der Waals surface area contributed by atoms with Gasteiger partial charge in [0.05, 0.1) is 11.9 Å². The highest BCUT2D eigenvalue weighted by atomic mass is 16.5. The molecule has 1 unspecified atom stereocenters. The van der Waals surface area contributed by atoms with Crippen LogP contribution in [-0.4, -0.2) is 26.9 Å². The van der Waals surface area contributed by atoms with Crippen LogP contribution in [0.1, 0.15) is 31.7 Å². The van der Waals surface area contributed by atoms with Gasteiger partial charge in [0.15, 0.2) is 0 Å². The maximum Gasteiger partial charge on any atom is 0.230 e. The second kappa shape index (κ2) is 7.03. The molecular formula is C23H24N4O2. The van der Waals surface area contributed by atoms with E-state index in [1.54, 1.807) is 4.68 Å². The molecule has 2 aromatic carbocycles. The van der Waals surface area contributed by atoms with Crippen LogP contribution >= 0.6 is 0 Å². The number of aryl methyl sites for hydroxylation is 1. The Bertz CT molecular complexity index is 1060. The number of hydrogen-bond donors (Lipinski definition) is 0. The van der Waals surface area contributed by atoms with Crippen LogP contribution in [0.3, 0.4) is 0 Å². The second-order valence-corrected chi connectivity index (χ2v) is 8.00. The average molecular weight is 388 g/mol. The quantitative estimate of drug-likeness (QED) is 0.667. The fourth-order valence-electron chi connectivity index (χ4n) is 4.06. The third-order valence-electron chi connectivity index (χ3n) is 5.75. The predicted octanol–water partition coefficient (Wildman–Crippen LogP) is 4.35. The van der Waals surface area contributed by atoms with E-state index in [-0.39, 0.29) is 17.9 Å². The highest BCUT2D eigenvalue weighted by Gasteiger charge is 2.39. The fourth-order valence-corrected chi connectivity index (χ4v) is 4.06. The van der Waals surface area contributed by atoms with Gasteiger partial charge in [0.2, 0.25) is 5.91 Å². The third-order valence-corrected chi connectivity index (χ3v) is 5.75. The van der Waals surface area contributed by atoms with Crippen LogP contribution in [0.5, 0.6) is 11.5 Å². The molecule has 5 rings (SSSR count). The summed E-state index contributed by atoms with van der Waals surface area (Å²) in [6, 6.07) is 14.0. The van der Waals surface area contributed by atoms with Gasteiger partial charge in [-0.1, -0.05) is 23.4 Å². The van der Waals surface area contributed by atoms with E-state index in [1.807, 2.05) is 60.6 Å². The topological polar surface area (TPSA) is 60.2 Å². The van der Waals surface area contributed by atoms with Crippen molar-refractivity contribution >= 4 is 11.6 Å². The molecule has 1 aliphatic heterocycles. The molecule has 0 bridgehead atoms. The van der Waals surface area contributed by atoms with Gasteiger partial charge in [0, 0.05) is 30.1 Å². The number of benzene rings is 2. The first kappa shape index (κ1) is 17.9. The van der Waals surface area contributed by atoms with E-state index in [4.69, 9.17) is 4.74 Å². The minimum Gasteiger partial charge on any atom is -0.456 e. The van der Waals surface area contributed by atoms with Gasteiger partial charge in [0.1, 0.15) is 17.2 Å². The summed E-state index contributed by atoms with van der Waals surface area (Å²) >= 11 is 0. The van der Waals surface area contributed by atoms with Crippen molar-refractivity contribution in [1.82, 2.24) is 15.0 Å².